The molecule has 3 nitrogen and oxygen atoms in total. The predicted octanol–water partition coefficient (Wildman–Crippen LogP) is 3.04. The van der Waals surface area contributed by atoms with Crippen LogP contribution in [0.5, 0.6) is 0 Å². The Morgan fingerprint density at radius 1 is 0.952 bits per heavy atom. The molecule has 21 heavy (non-hydrogen) atoms. The van der Waals surface area contributed by atoms with Crippen LogP contribution in [0.1, 0.15) is 59.3 Å². The van der Waals surface area contributed by atoms with E-state index >= 15 is 0 Å². The Morgan fingerprint density at radius 2 is 1.62 bits per heavy atom. The van der Waals surface area contributed by atoms with Gasteiger partial charge in [-0.1, -0.05) is 20.8 Å². The maximum absolute atomic E-state index is 6.23. The molecule has 3 heteroatoms. The highest BCUT2D eigenvalue weighted by atomic mass is 16.5. The molecule has 2 unspecified atom stereocenters. The van der Waals surface area contributed by atoms with Crippen molar-refractivity contribution in [2.24, 2.45) is 11.3 Å². The van der Waals surface area contributed by atoms with E-state index in [-0.39, 0.29) is 0 Å². The van der Waals surface area contributed by atoms with Crippen molar-refractivity contribution in [1.29, 1.82) is 0 Å². The van der Waals surface area contributed by atoms with Crippen LogP contribution in [0.25, 0.3) is 0 Å². The van der Waals surface area contributed by atoms with Crippen molar-refractivity contribution < 1.29 is 4.74 Å². The van der Waals surface area contributed by atoms with Gasteiger partial charge in [0.25, 0.3) is 0 Å². The second-order valence-electron chi connectivity index (χ2n) is 8.58. The van der Waals surface area contributed by atoms with Gasteiger partial charge >= 0.3 is 0 Å². The number of piperidine rings is 1. The van der Waals surface area contributed by atoms with Gasteiger partial charge in [0.15, 0.2) is 0 Å². The molecule has 1 saturated carbocycles. The van der Waals surface area contributed by atoms with Crippen LogP contribution in [0, 0.1) is 11.3 Å². The first-order valence-corrected chi connectivity index (χ1v) is 9.12. The Morgan fingerprint density at radius 3 is 2.24 bits per heavy atom. The molecule has 2 atom stereocenters. The number of likely N-dealkylation sites (tertiary alicyclic amines) is 1. The zero-order valence-corrected chi connectivity index (χ0v) is 14.2. The summed E-state index contributed by atoms with van der Waals surface area (Å²) in [4.78, 5) is 2.64. The van der Waals surface area contributed by atoms with Crippen molar-refractivity contribution in [3.8, 4) is 0 Å². The molecule has 3 rings (SSSR count). The Hall–Kier alpha value is -0.120. The number of nitrogens with one attached hydrogen (secondary N) is 1. The fourth-order valence-corrected chi connectivity index (χ4v) is 3.92. The predicted molar refractivity (Wildman–Crippen MR) is 87.5 cm³/mol. The van der Waals surface area contributed by atoms with Gasteiger partial charge in [-0.3, -0.25) is 0 Å². The third kappa shape index (κ3) is 4.67. The highest BCUT2D eigenvalue weighted by molar-refractivity contribution is 4.86. The van der Waals surface area contributed by atoms with Crippen LogP contribution in [0.3, 0.4) is 0 Å². The third-order valence-electron chi connectivity index (χ3n) is 5.68. The van der Waals surface area contributed by atoms with Gasteiger partial charge in [-0.2, -0.15) is 0 Å². The number of hydrogen-bond donors (Lipinski definition) is 1. The molecule has 122 valence electrons. The smallest absolute Gasteiger partial charge is 0.0707 e. The van der Waals surface area contributed by atoms with E-state index in [0.717, 1.165) is 25.0 Å². The average Bonchev–Trinajstić information content (AvgIpc) is 3.16. The van der Waals surface area contributed by atoms with Crippen molar-refractivity contribution in [3.63, 3.8) is 0 Å². The molecular formula is C18H34N2O. The van der Waals surface area contributed by atoms with E-state index in [2.05, 4.69) is 31.0 Å². The van der Waals surface area contributed by atoms with Gasteiger partial charge in [-0.25, -0.2) is 0 Å². The first kappa shape index (κ1) is 15.8. The number of nitrogens with zero attached hydrogens (tertiary/aromatic N) is 1. The summed E-state index contributed by atoms with van der Waals surface area (Å²) in [7, 11) is 0. The summed E-state index contributed by atoms with van der Waals surface area (Å²) in [5.74, 6) is 0.897. The minimum absolute atomic E-state index is 0.475. The summed E-state index contributed by atoms with van der Waals surface area (Å²) < 4.78 is 6.23. The van der Waals surface area contributed by atoms with E-state index in [0.29, 0.717) is 17.6 Å². The van der Waals surface area contributed by atoms with Crippen molar-refractivity contribution in [2.75, 3.05) is 26.2 Å². The van der Waals surface area contributed by atoms with Crippen LogP contribution in [0.4, 0.5) is 0 Å². The second kappa shape index (κ2) is 6.55. The molecule has 2 aliphatic heterocycles. The van der Waals surface area contributed by atoms with Crippen molar-refractivity contribution in [2.45, 2.75) is 77.5 Å². The van der Waals surface area contributed by atoms with E-state index in [1.165, 1.54) is 51.6 Å². The minimum atomic E-state index is 0.475. The third-order valence-corrected chi connectivity index (χ3v) is 5.68. The fraction of sp³-hybridized carbons (Fsp3) is 1.00. The summed E-state index contributed by atoms with van der Waals surface area (Å²) in [5, 5.41) is 3.61. The molecule has 1 N–H and O–H groups in total. The van der Waals surface area contributed by atoms with Gasteiger partial charge < -0.3 is 15.0 Å². The molecule has 0 amide bonds. The second-order valence-corrected chi connectivity index (χ2v) is 8.58. The molecule has 0 aromatic carbocycles. The maximum Gasteiger partial charge on any atom is 0.0707 e. The Balaban J connectivity index is 1.34. The molecule has 0 bridgehead atoms. The van der Waals surface area contributed by atoms with E-state index < -0.39 is 0 Å². The molecule has 2 saturated heterocycles. The van der Waals surface area contributed by atoms with Crippen LogP contribution < -0.4 is 5.32 Å². The Kier molecular flexibility index (Phi) is 4.92. The number of rotatable bonds is 5. The molecule has 3 fully saturated rings. The van der Waals surface area contributed by atoms with Crippen molar-refractivity contribution >= 4 is 0 Å². The maximum atomic E-state index is 6.23. The lowest BCUT2D eigenvalue weighted by molar-refractivity contribution is 0.0109. The molecule has 1 aliphatic carbocycles. The highest BCUT2D eigenvalue weighted by Gasteiger charge is 2.32. The van der Waals surface area contributed by atoms with Gasteiger partial charge in [-0.15, -0.1) is 0 Å². The largest absolute Gasteiger partial charge is 0.372 e. The molecule has 3 aliphatic rings. The van der Waals surface area contributed by atoms with E-state index in [1.807, 2.05) is 0 Å². The van der Waals surface area contributed by atoms with Crippen LogP contribution in [-0.2, 0) is 4.74 Å². The van der Waals surface area contributed by atoms with Crippen LogP contribution in [-0.4, -0.2) is 49.3 Å². The summed E-state index contributed by atoms with van der Waals surface area (Å²) in [5.41, 5.74) is 0.482. The molecule has 0 aromatic heterocycles. The lowest BCUT2D eigenvalue weighted by atomic mass is 9.75. The van der Waals surface area contributed by atoms with Crippen LogP contribution in [0.2, 0.25) is 0 Å². The van der Waals surface area contributed by atoms with Gasteiger partial charge in [0, 0.05) is 19.1 Å². The summed E-state index contributed by atoms with van der Waals surface area (Å²) >= 11 is 0. The van der Waals surface area contributed by atoms with Crippen molar-refractivity contribution in [1.82, 2.24) is 10.2 Å². The summed E-state index contributed by atoms with van der Waals surface area (Å²) in [6, 6.07) is 0.809. The van der Waals surface area contributed by atoms with Gasteiger partial charge in [0.05, 0.1) is 12.2 Å². The van der Waals surface area contributed by atoms with Crippen molar-refractivity contribution in [3.05, 3.63) is 0 Å². The highest BCUT2D eigenvalue weighted by Crippen LogP contribution is 2.34. The van der Waals surface area contributed by atoms with E-state index in [1.54, 1.807) is 0 Å². The number of ether oxygens (including phenoxy) is 1. The average molecular weight is 294 g/mol. The molecule has 0 spiro atoms. The van der Waals surface area contributed by atoms with Crippen LogP contribution >= 0.6 is 0 Å². The quantitative estimate of drug-likeness (QED) is 0.843. The SMILES string of the molecule is CC(C)(C)C1CCN(CC2CCC(CNC3CC3)O2)CC1. The lowest BCUT2D eigenvalue weighted by Gasteiger charge is -2.39. The summed E-state index contributed by atoms with van der Waals surface area (Å²) in [6.45, 7) is 12.0. The normalized spacial score (nSPS) is 32.7. The molecule has 0 aromatic rings. The van der Waals surface area contributed by atoms with Gasteiger partial charge in [-0.05, 0) is 62.9 Å². The van der Waals surface area contributed by atoms with E-state index in [9.17, 15) is 0 Å². The first-order chi connectivity index (χ1) is 10.0. The van der Waals surface area contributed by atoms with Gasteiger partial charge in [0.1, 0.15) is 0 Å². The molecular weight excluding hydrogens is 260 g/mol. The zero-order chi connectivity index (χ0) is 14.9. The molecule has 2 heterocycles. The minimum Gasteiger partial charge on any atom is -0.372 e. The zero-order valence-electron chi connectivity index (χ0n) is 14.2. The summed E-state index contributed by atoms with van der Waals surface area (Å²) in [6.07, 6.45) is 8.95. The standard InChI is InChI=1S/C18H34N2O/c1-18(2,3)14-8-10-20(11-9-14)13-17-7-6-16(21-17)12-19-15-4-5-15/h14-17,19H,4-13H2,1-3H3. The van der Waals surface area contributed by atoms with Gasteiger partial charge in [0.2, 0.25) is 0 Å². The first-order valence-electron chi connectivity index (χ1n) is 9.12. The van der Waals surface area contributed by atoms with Crippen LogP contribution in [0.15, 0.2) is 0 Å². The molecule has 0 radical (unpaired) electrons. The monoisotopic (exact) mass is 294 g/mol. The fourth-order valence-electron chi connectivity index (χ4n) is 3.92. The van der Waals surface area contributed by atoms with E-state index in [4.69, 9.17) is 4.74 Å². The lowest BCUT2D eigenvalue weighted by Crippen LogP contribution is -2.41. The Bertz CT molecular complexity index is 327. The topological polar surface area (TPSA) is 24.5 Å². The Labute approximate surface area is 130 Å². The number of hydrogen-bond acceptors (Lipinski definition) is 3.